The zero-order valence-corrected chi connectivity index (χ0v) is 18.3. The molecule has 146 valence electrons. The molecule has 5 aliphatic carbocycles. The van der Waals surface area contributed by atoms with Gasteiger partial charge in [0.05, 0.1) is 12.1 Å². The molecule has 4 unspecified atom stereocenters. The van der Waals surface area contributed by atoms with E-state index in [-0.39, 0.29) is 29.0 Å². The first-order chi connectivity index (χ1) is 14.4. The summed E-state index contributed by atoms with van der Waals surface area (Å²) in [6.07, 6.45) is 3.71. The summed E-state index contributed by atoms with van der Waals surface area (Å²) in [5, 5.41) is 21.7. The van der Waals surface area contributed by atoms with Crippen molar-refractivity contribution in [2.24, 2.45) is 23.2 Å². The zero-order valence-electron chi connectivity index (χ0n) is 16.7. The maximum Gasteiger partial charge on any atom is 0.174 e. The molecule has 0 radical (unpaired) electrons. The number of hydrogen-bond donors (Lipinski definition) is 0. The number of nitrogens with zero attached hydrogens (tertiary/aromatic N) is 2. The number of carbonyl (C=O) groups is 1. The van der Waals surface area contributed by atoms with Gasteiger partial charge in [-0.1, -0.05) is 84.4 Å². The number of ketones is 1. The van der Waals surface area contributed by atoms with Crippen molar-refractivity contribution in [2.45, 2.75) is 29.0 Å². The number of hydrogen-bond acceptors (Lipinski definition) is 3. The van der Waals surface area contributed by atoms with Crippen molar-refractivity contribution in [2.75, 3.05) is 0 Å². The molecule has 7 rings (SSSR count). The topological polar surface area (TPSA) is 64.7 Å². The summed E-state index contributed by atoms with van der Waals surface area (Å²) in [6.45, 7) is 4.33. The molecule has 30 heavy (non-hydrogen) atoms. The van der Waals surface area contributed by atoms with Crippen LogP contribution in [0.3, 0.4) is 0 Å². The molecule has 0 amide bonds. The molecule has 4 heteroatoms. The fourth-order valence-corrected chi connectivity index (χ4v) is 8.68. The van der Waals surface area contributed by atoms with Crippen molar-refractivity contribution in [1.29, 1.82) is 10.5 Å². The van der Waals surface area contributed by atoms with Crippen molar-refractivity contribution in [3.05, 3.63) is 82.9 Å². The number of halogens is 1. The largest absolute Gasteiger partial charge is 0.293 e. The SMILES string of the molecule is CC(C)C12C=CC(=O)C3(Br)C1C2C1(C#N)c2ccccc2C3(C#N)c2ccccc21. The van der Waals surface area contributed by atoms with Gasteiger partial charge in [-0.05, 0) is 40.2 Å². The Balaban J connectivity index is 1.91. The summed E-state index contributed by atoms with van der Waals surface area (Å²) in [5.74, 6) is -0.0693. The lowest BCUT2D eigenvalue weighted by Gasteiger charge is -2.50. The predicted molar refractivity (Wildman–Crippen MR) is 116 cm³/mol. The van der Waals surface area contributed by atoms with E-state index < -0.39 is 15.2 Å². The third-order valence-corrected chi connectivity index (χ3v) is 9.96. The average Bonchev–Trinajstić information content (AvgIpc) is 3.49. The Morgan fingerprint density at radius 1 is 0.900 bits per heavy atom. The van der Waals surface area contributed by atoms with Crippen molar-refractivity contribution in [3.63, 3.8) is 0 Å². The lowest BCUT2D eigenvalue weighted by molar-refractivity contribution is -0.118. The van der Waals surface area contributed by atoms with Gasteiger partial charge in [-0.15, -0.1) is 0 Å². The third-order valence-electron chi connectivity index (χ3n) is 8.48. The summed E-state index contributed by atoms with van der Waals surface area (Å²) in [4.78, 5) is 13.7. The van der Waals surface area contributed by atoms with Crippen LogP contribution in [0.15, 0.2) is 60.7 Å². The number of carbonyl (C=O) groups excluding carboxylic acids is 1. The Labute approximate surface area is 184 Å². The second-order valence-corrected chi connectivity index (χ2v) is 10.6. The lowest BCUT2D eigenvalue weighted by Crippen LogP contribution is -2.58. The second-order valence-electron chi connectivity index (χ2n) is 9.39. The molecule has 4 atom stereocenters. The Bertz CT molecular complexity index is 1230. The van der Waals surface area contributed by atoms with Gasteiger partial charge in [0.15, 0.2) is 5.78 Å². The summed E-state index contributed by atoms with van der Waals surface area (Å²) in [6, 6.07) is 20.9. The van der Waals surface area contributed by atoms with Crippen LogP contribution >= 0.6 is 15.9 Å². The van der Waals surface area contributed by atoms with E-state index in [1.54, 1.807) is 6.08 Å². The minimum absolute atomic E-state index is 0.0759. The maximum atomic E-state index is 13.7. The number of alkyl halides is 1. The highest BCUT2D eigenvalue weighted by atomic mass is 79.9. The highest BCUT2D eigenvalue weighted by Crippen LogP contribution is 2.84. The van der Waals surface area contributed by atoms with Crippen LogP contribution in [0.2, 0.25) is 0 Å². The van der Waals surface area contributed by atoms with Crippen LogP contribution < -0.4 is 0 Å². The fourth-order valence-electron chi connectivity index (χ4n) is 7.37. The van der Waals surface area contributed by atoms with E-state index >= 15 is 0 Å². The van der Waals surface area contributed by atoms with Gasteiger partial charge in [0.1, 0.15) is 15.2 Å². The van der Waals surface area contributed by atoms with Crippen molar-refractivity contribution < 1.29 is 4.79 Å². The molecule has 2 aromatic rings. The van der Waals surface area contributed by atoms with E-state index in [1.807, 2.05) is 54.6 Å². The van der Waals surface area contributed by atoms with Gasteiger partial charge >= 0.3 is 0 Å². The summed E-state index contributed by atoms with van der Waals surface area (Å²) < 4.78 is -1.11. The molecule has 0 spiro atoms. The van der Waals surface area contributed by atoms with Crippen LogP contribution in [0.5, 0.6) is 0 Å². The first-order valence-corrected chi connectivity index (χ1v) is 11.1. The van der Waals surface area contributed by atoms with E-state index in [4.69, 9.17) is 0 Å². The summed E-state index contributed by atoms with van der Waals surface area (Å²) in [7, 11) is 0. The minimum atomic E-state index is -1.20. The zero-order chi connectivity index (χ0) is 21.1. The van der Waals surface area contributed by atoms with Gasteiger partial charge in [0.2, 0.25) is 0 Å². The molecule has 1 fully saturated rings. The number of benzene rings is 2. The maximum absolute atomic E-state index is 13.7. The Morgan fingerprint density at radius 3 is 1.90 bits per heavy atom. The van der Waals surface area contributed by atoms with Crippen molar-refractivity contribution in [3.8, 4) is 12.1 Å². The first-order valence-electron chi connectivity index (χ1n) is 10.3. The van der Waals surface area contributed by atoms with Crippen molar-refractivity contribution in [1.82, 2.24) is 0 Å². The number of nitriles is 2. The molecule has 0 N–H and O–H groups in total. The van der Waals surface area contributed by atoms with Gasteiger partial charge in [-0.3, -0.25) is 4.79 Å². The average molecular weight is 455 g/mol. The van der Waals surface area contributed by atoms with Gasteiger partial charge in [0, 0.05) is 11.3 Å². The highest BCUT2D eigenvalue weighted by Gasteiger charge is 2.87. The van der Waals surface area contributed by atoms with Gasteiger partial charge in [0.25, 0.3) is 0 Å². The highest BCUT2D eigenvalue weighted by molar-refractivity contribution is 9.10. The Kier molecular flexibility index (Phi) is 3.10. The van der Waals surface area contributed by atoms with Gasteiger partial charge in [-0.2, -0.15) is 10.5 Å². The van der Waals surface area contributed by atoms with Crippen LogP contribution in [0, 0.1) is 45.8 Å². The first kappa shape index (κ1) is 18.1. The molecule has 2 aromatic carbocycles. The molecule has 5 aliphatic rings. The quantitative estimate of drug-likeness (QED) is 0.581. The second kappa shape index (κ2) is 5.13. The fraction of sp³-hybridized carbons (Fsp3) is 0.346. The van der Waals surface area contributed by atoms with Crippen LogP contribution in [-0.4, -0.2) is 10.1 Å². The Morgan fingerprint density at radius 2 is 1.43 bits per heavy atom. The minimum Gasteiger partial charge on any atom is -0.293 e. The molecule has 0 heterocycles. The normalized spacial score (nSPS) is 41.2. The third kappa shape index (κ3) is 1.43. The lowest BCUT2D eigenvalue weighted by atomic mass is 9.52. The van der Waals surface area contributed by atoms with Crippen molar-refractivity contribution >= 4 is 21.7 Å². The summed E-state index contributed by atoms with van der Waals surface area (Å²) >= 11 is 3.94. The molecule has 0 saturated heterocycles. The molecule has 3 nitrogen and oxygen atoms in total. The van der Waals surface area contributed by atoms with E-state index in [0.717, 1.165) is 22.3 Å². The van der Waals surface area contributed by atoms with E-state index in [1.165, 1.54) is 0 Å². The molecule has 0 aliphatic heterocycles. The monoisotopic (exact) mass is 454 g/mol. The summed E-state index contributed by atoms with van der Waals surface area (Å²) in [5.41, 5.74) is 0.947. The van der Waals surface area contributed by atoms with E-state index in [2.05, 4.69) is 41.9 Å². The molecule has 2 bridgehead atoms. The molecule has 1 saturated carbocycles. The van der Waals surface area contributed by atoms with E-state index in [0.29, 0.717) is 0 Å². The Hall–Kier alpha value is -2.69. The smallest absolute Gasteiger partial charge is 0.174 e. The van der Waals surface area contributed by atoms with Gasteiger partial charge < -0.3 is 0 Å². The number of allylic oxidation sites excluding steroid dienone is 2. The standard InChI is InChI=1S/C26H19BrN2O/c1-15(2)23-12-11-20(30)26(27)22(23)21(23)24(13-28)16-7-3-5-9-18(16)25(26,14-29)19-10-6-4-8-17(19)24/h3-12,15,21-22H,1-2H3. The molecule has 0 aromatic heterocycles. The predicted octanol–water partition coefficient (Wildman–Crippen LogP) is 4.79. The van der Waals surface area contributed by atoms with Crippen LogP contribution in [-0.2, 0) is 15.6 Å². The van der Waals surface area contributed by atoms with E-state index in [9.17, 15) is 15.3 Å². The number of rotatable bonds is 1. The van der Waals surface area contributed by atoms with Crippen LogP contribution in [0.4, 0.5) is 0 Å². The van der Waals surface area contributed by atoms with Crippen LogP contribution in [0.25, 0.3) is 0 Å². The van der Waals surface area contributed by atoms with Crippen LogP contribution in [0.1, 0.15) is 36.1 Å². The molecular formula is C26H19BrN2O. The molecular weight excluding hydrogens is 436 g/mol. The van der Waals surface area contributed by atoms with Gasteiger partial charge in [-0.25, -0.2) is 0 Å².